The highest BCUT2D eigenvalue weighted by Gasteiger charge is 2.05. The van der Waals surface area contributed by atoms with E-state index in [1.807, 2.05) is 0 Å². The lowest BCUT2D eigenvalue weighted by atomic mass is 10.2. The number of benzene rings is 1. The number of aromatic carboxylic acids is 1. The van der Waals surface area contributed by atoms with Gasteiger partial charge in [-0.3, -0.25) is 0 Å². The molecular formula is C10H6Cl2N4O2. The largest absolute Gasteiger partial charge is 0.478 e. The molecule has 0 fully saturated rings. The summed E-state index contributed by atoms with van der Waals surface area (Å²) in [6.07, 6.45) is 0. The Labute approximate surface area is 112 Å². The van der Waals surface area contributed by atoms with E-state index < -0.39 is 5.97 Å². The molecule has 0 saturated heterocycles. The van der Waals surface area contributed by atoms with Crippen LogP contribution in [0.4, 0.5) is 11.6 Å². The number of anilines is 2. The lowest BCUT2D eigenvalue weighted by Crippen LogP contribution is -2.00. The molecule has 0 bridgehead atoms. The van der Waals surface area contributed by atoms with Gasteiger partial charge >= 0.3 is 5.97 Å². The molecule has 92 valence electrons. The smallest absolute Gasteiger partial charge is 0.335 e. The van der Waals surface area contributed by atoms with Crippen LogP contribution in [0.1, 0.15) is 10.4 Å². The summed E-state index contributed by atoms with van der Waals surface area (Å²) in [7, 11) is 0. The Morgan fingerprint density at radius 1 is 1.06 bits per heavy atom. The van der Waals surface area contributed by atoms with E-state index in [-0.39, 0.29) is 22.1 Å². The minimum absolute atomic E-state index is 0.0281. The first-order valence-corrected chi connectivity index (χ1v) is 5.47. The van der Waals surface area contributed by atoms with Crippen LogP contribution in [0.3, 0.4) is 0 Å². The number of carbonyl (C=O) groups is 1. The summed E-state index contributed by atoms with van der Waals surface area (Å²) < 4.78 is 0. The van der Waals surface area contributed by atoms with Crippen molar-refractivity contribution in [1.29, 1.82) is 0 Å². The Bertz CT molecular complexity index is 569. The van der Waals surface area contributed by atoms with E-state index in [0.717, 1.165) is 0 Å². The molecule has 1 aromatic heterocycles. The maximum Gasteiger partial charge on any atom is 0.335 e. The lowest BCUT2D eigenvalue weighted by molar-refractivity contribution is 0.0697. The van der Waals surface area contributed by atoms with E-state index in [2.05, 4.69) is 20.3 Å². The Balaban J connectivity index is 2.20. The summed E-state index contributed by atoms with van der Waals surface area (Å²) in [4.78, 5) is 21.9. The highest BCUT2D eigenvalue weighted by Crippen LogP contribution is 2.16. The summed E-state index contributed by atoms with van der Waals surface area (Å²) in [5.41, 5.74) is 0.797. The van der Waals surface area contributed by atoms with Gasteiger partial charge < -0.3 is 10.4 Å². The van der Waals surface area contributed by atoms with Crippen molar-refractivity contribution in [1.82, 2.24) is 15.0 Å². The fourth-order valence-corrected chi connectivity index (χ4v) is 1.57. The van der Waals surface area contributed by atoms with Crippen molar-refractivity contribution in [3.63, 3.8) is 0 Å². The predicted molar refractivity (Wildman–Crippen MR) is 66.5 cm³/mol. The van der Waals surface area contributed by atoms with Gasteiger partial charge in [0.15, 0.2) is 0 Å². The standard InChI is InChI=1S/C10H6Cl2N4O2/c11-8-14-9(12)16-10(15-8)13-6-3-1-5(2-4-6)7(17)18/h1-4H,(H,17,18)(H,13,14,15,16). The van der Waals surface area contributed by atoms with Crippen molar-refractivity contribution >= 4 is 40.8 Å². The van der Waals surface area contributed by atoms with E-state index in [9.17, 15) is 4.79 Å². The quantitative estimate of drug-likeness (QED) is 0.901. The van der Waals surface area contributed by atoms with Gasteiger partial charge in [0.2, 0.25) is 16.5 Å². The van der Waals surface area contributed by atoms with Crippen molar-refractivity contribution in [3.8, 4) is 0 Å². The number of hydrogen-bond donors (Lipinski definition) is 2. The van der Waals surface area contributed by atoms with Crippen LogP contribution in [-0.4, -0.2) is 26.0 Å². The third kappa shape index (κ3) is 3.06. The van der Waals surface area contributed by atoms with Gasteiger partial charge in [-0.25, -0.2) is 4.79 Å². The third-order valence-electron chi connectivity index (χ3n) is 1.97. The highest BCUT2D eigenvalue weighted by atomic mass is 35.5. The average molecular weight is 285 g/mol. The number of hydrogen-bond acceptors (Lipinski definition) is 5. The Morgan fingerprint density at radius 3 is 2.11 bits per heavy atom. The van der Waals surface area contributed by atoms with Gasteiger partial charge in [0.25, 0.3) is 0 Å². The van der Waals surface area contributed by atoms with Crippen molar-refractivity contribution in [2.24, 2.45) is 0 Å². The Hall–Kier alpha value is -1.92. The maximum absolute atomic E-state index is 10.7. The Morgan fingerprint density at radius 2 is 1.61 bits per heavy atom. The monoisotopic (exact) mass is 284 g/mol. The van der Waals surface area contributed by atoms with Crippen LogP contribution in [-0.2, 0) is 0 Å². The molecule has 2 aromatic rings. The first-order valence-electron chi connectivity index (χ1n) is 4.72. The van der Waals surface area contributed by atoms with Crippen LogP contribution in [0.15, 0.2) is 24.3 Å². The molecule has 0 aliphatic rings. The molecule has 18 heavy (non-hydrogen) atoms. The molecule has 0 aliphatic heterocycles. The zero-order chi connectivity index (χ0) is 13.1. The minimum Gasteiger partial charge on any atom is -0.478 e. The SMILES string of the molecule is O=C(O)c1ccc(Nc2nc(Cl)nc(Cl)n2)cc1. The highest BCUT2D eigenvalue weighted by molar-refractivity contribution is 6.31. The number of nitrogens with one attached hydrogen (secondary N) is 1. The van der Waals surface area contributed by atoms with Crippen LogP contribution in [0.2, 0.25) is 10.6 Å². The molecule has 0 spiro atoms. The minimum atomic E-state index is -0.993. The fourth-order valence-electron chi connectivity index (χ4n) is 1.21. The van der Waals surface area contributed by atoms with Gasteiger partial charge in [0.1, 0.15) is 0 Å². The second-order valence-corrected chi connectivity index (χ2v) is 3.88. The number of aromatic nitrogens is 3. The third-order valence-corrected chi connectivity index (χ3v) is 2.31. The molecule has 0 atom stereocenters. The van der Waals surface area contributed by atoms with Gasteiger partial charge in [0, 0.05) is 5.69 Å². The average Bonchev–Trinajstić information content (AvgIpc) is 2.28. The first kappa shape index (κ1) is 12.5. The summed E-state index contributed by atoms with van der Waals surface area (Å²) in [5, 5.41) is 11.5. The molecule has 0 saturated carbocycles. The maximum atomic E-state index is 10.7. The van der Waals surface area contributed by atoms with Crippen LogP contribution < -0.4 is 5.32 Å². The summed E-state index contributed by atoms with van der Waals surface area (Å²) in [5.74, 6) is -0.809. The number of rotatable bonds is 3. The topological polar surface area (TPSA) is 88.0 Å². The predicted octanol–water partition coefficient (Wildman–Crippen LogP) is 2.62. The molecule has 0 radical (unpaired) electrons. The molecule has 1 heterocycles. The zero-order valence-corrected chi connectivity index (χ0v) is 10.3. The molecule has 6 nitrogen and oxygen atoms in total. The van der Waals surface area contributed by atoms with Gasteiger partial charge in [-0.15, -0.1) is 0 Å². The zero-order valence-electron chi connectivity index (χ0n) is 8.76. The van der Waals surface area contributed by atoms with E-state index in [0.29, 0.717) is 5.69 Å². The molecule has 1 aromatic carbocycles. The van der Waals surface area contributed by atoms with Gasteiger partial charge in [0.05, 0.1) is 5.56 Å². The second-order valence-electron chi connectivity index (χ2n) is 3.20. The van der Waals surface area contributed by atoms with E-state index in [4.69, 9.17) is 28.3 Å². The van der Waals surface area contributed by atoms with Crippen molar-refractivity contribution in [3.05, 3.63) is 40.4 Å². The number of halogens is 2. The molecule has 0 unspecified atom stereocenters. The molecular weight excluding hydrogens is 279 g/mol. The van der Waals surface area contributed by atoms with Crippen LogP contribution in [0, 0.1) is 0 Å². The fraction of sp³-hybridized carbons (Fsp3) is 0. The molecule has 0 amide bonds. The summed E-state index contributed by atoms with van der Waals surface area (Å²) in [6.45, 7) is 0. The summed E-state index contributed by atoms with van der Waals surface area (Å²) >= 11 is 11.2. The lowest BCUT2D eigenvalue weighted by Gasteiger charge is -2.05. The van der Waals surface area contributed by atoms with Crippen molar-refractivity contribution in [2.45, 2.75) is 0 Å². The van der Waals surface area contributed by atoms with Gasteiger partial charge in [-0.05, 0) is 47.5 Å². The van der Waals surface area contributed by atoms with Crippen LogP contribution in [0.5, 0.6) is 0 Å². The first-order chi connectivity index (χ1) is 8.54. The molecule has 0 aliphatic carbocycles. The van der Waals surface area contributed by atoms with E-state index >= 15 is 0 Å². The Kier molecular flexibility index (Phi) is 3.59. The van der Waals surface area contributed by atoms with E-state index in [1.54, 1.807) is 12.1 Å². The van der Waals surface area contributed by atoms with Gasteiger partial charge in [-0.1, -0.05) is 0 Å². The van der Waals surface area contributed by atoms with Crippen molar-refractivity contribution < 1.29 is 9.90 Å². The second kappa shape index (κ2) is 5.16. The normalized spacial score (nSPS) is 10.1. The van der Waals surface area contributed by atoms with Gasteiger partial charge in [-0.2, -0.15) is 15.0 Å². The number of carboxylic acid groups (broad SMARTS) is 1. The number of carboxylic acids is 1. The molecule has 2 N–H and O–H groups in total. The van der Waals surface area contributed by atoms with Crippen molar-refractivity contribution in [2.75, 3.05) is 5.32 Å². The molecule has 2 rings (SSSR count). The van der Waals surface area contributed by atoms with Crippen LogP contribution in [0.25, 0.3) is 0 Å². The number of nitrogens with zero attached hydrogens (tertiary/aromatic N) is 3. The van der Waals surface area contributed by atoms with Crippen LogP contribution >= 0.6 is 23.2 Å². The molecule has 8 heteroatoms. The van der Waals surface area contributed by atoms with E-state index in [1.165, 1.54) is 12.1 Å². The summed E-state index contributed by atoms with van der Waals surface area (Å²) in [6, 6.07) is 6.06.